The van der Waals surface area contributed by atoms with Gasteiger partial charge in [-0.25, -0.2) is 4.98 Å². The topological polar surface area (TPSA) is 75.0 Å². The monoisotopic (exact) mass is 286 g/mol. The minimum atomic E-state index is -0.0384. The number of aromatic amines is 1. The number of halogens is 1. The van der Waals surface area contributed by atoms with E-state index in [1.807, 2.05) is 11.4 Å². The zero-order chi connectivity index (χ0) is 11.8. The summed E-state index contributed by atoms with van der Waals surface area (Å²) in [7, 11) is 0. The molecule has 18 heavy (non-hydrogen) atoms. The molecule has 1 atom stereocenters. The molecule has 0 radical (unpaired) electrons. The zero-order valence-electron chi connectivity index (χ0n) is 9.76. The summed E-state index contributed by atoms with van der Waals surface area (Å²) in [4.78, 5) is 21.3. The van der Waals surface area contributed by atoms with Gasteiger partial charge in [0, 0.05) is 19.1 Å². The van der Waals surface area contributed by atoms with Crippen LogP contribution in [0.5, 0.6) is 0 Å². The van der Waals surface area contributed by atoms with Crippen molar-refractivity contribution < 1.29 is 0 Å². The number of nitrogens with two attached hydrogens (primary N) is 1. The predicted octanol–water partition coefficient (Wildman–Crippen LogP) is 0.939. The number of aromatic nitrogens is 2. The summed E-state index contributed by atoms with van der Waals surface area (Å²) in [6, 6.07) is 2.14. The highest BCUT2D eigenvalue weighted by molar-refractivity contribution is 7.17. The van der Waals surface area contributed by atoms with E-state index in [0.29, 0.717) is 11.2 Å². The number of H-pyrrole nitrogens is 1. The number of fused-ring (bicyclic) bond motifs is 1. The minimum absolute atomic E-state index is 0. The number of rotatable bonds is 2. The van der Waals surface area contributed by atoms with E-state index in [2.05, 4.69) is 14.9 Å². The maximum Gasteiger partial charge on any atom is 0.268 e. The number of nitrogens with one attached hydrogen (secondary N) is 1. The maximum atomic E-state index is 11.8. The molecule has 1 aliphatic heterocycles. The van der Waals surface area contributed by atoms with Gasteiger partial charge in [-0.1, -0.05) is 0 Å². The highest BCUT2D eigenvalue weighted by Gasteiger charge is 2.19. The van der Waals surface area contributed by atoms with Crippen LogP contribution in [0.15, 0.2) is 16.2 Å². The normalized spacial score (nSPS) is 20.2. The van der Waals surface area contributed by atoms with Crippen LogP contribution in [-0.4, -0.2) is 34.0 Å². The Kier molecular flexibility index (Phi) is 4.01. The van der Waals surface area contributed by atoms with Crippen LogP contribution >= 0.6 is 23.7 Å². The van der Waals surface area contributed by atoms with Crippen molar-refractivity contribution in [2.24, 2.45) is 5.73 Å². The first-order chi connectivity index (χ1) is 8.22. The van der Waals surface area contributed by atoms with Crippen LogP contribution in [0.4, 0.5) is 0 Å². The van der Waals surface area contributed by atoms with Crippen molar-refractivity contribution in [1.82, 2.24) is 14.9 Å². The van der Waals surface area contributed by atoms with Gasteiger partial charge in [-0.05, 0) is 17.9 Å². The first-order valence-corrected chi connectivity index (χ1v) is 6.54. The summed E-state index contributed by atoms with van der Waals surface area (Å²) in [6.45, 7) is 2.53. The molecule has 1 unspecified atom stereocenters. The van der Waals surface area contributed by atoms with Crippen molar-refractivity contribution in [3.63, 3.8) is 0 Å². The summed E-state index contributed by atoms with van der Waals surface area (Å²) in [5.74, 6) is 0.731. The Labute approximate surface area is 114 Å². The molecule has 0 aliphatic carbocycles. The van der Waals surface area contributed by atoms with E-state index in [9.17, 15) is 4.79 Å². The average Bonchev–Trinajstić information content (AvgIpc) is 2.87. The zero-order valence-corrected chi connectivity index (χ0v) is 11.4. The van der Waals surface area contributed by atoms with Crippen LogP contribution in [0.25, 0.3) is 10.2 Å². The van der Waals surface area contributed by atoms with Gasteiger partial charge in [0.2, 0.25) is 0 Å². The standard InChI is InChI=1S/C11H14N4OS.ClH/c12-7-1-3-15(5-7)6-9-13-8-2-4-17-10(8)11(16)14-9;/h2,4,7H,1,3,5-6,12H2,(H,13,14,16);1H. The Morgan fingerprint density at radius 3 is 3.17 bits per heavy atom. The third-order valence-electron chi connectivity index (χ3n) is 3.05. The lowest BCUT2D eigenvalue weighted by molar-refractivity contribution is 0.318. The molecule has 2 aromatic rings. The van der Waals surface area contributed by atoms with Gasteiger partial charge < -0.3 is 10.7 Å². The van der Waals surface area contributed by atoms with Crippen LogP contribution in [0, 0.1) is 0 Å². The quantitative estimate of drug-likeness (QED) is 0.862. The lowest BCUT2D eigenvalue weighted by Crippen LogP contribution is -2.27. The second-order valence-corrected chi connectivity index (χ2v) is 5.35. The number of nitrogens with zero attached hydrogens (tertiary/aromatic N) is 2. The highest BCUT2D eigenvalue weighted by Crippen LogP contribution is 2.15. The van der Waals surface area contributed by atoms with E-state index >= 15 is 0 Å². The Balaban J connectivity index is 0.00000120. The molecule has 1 saturated heterocycles. The molecular formula is C11H15ClN4OS. The largest absolute Gasteiger partial charge is 0.326 e. The highest BCUT2D eigenvalue weighted by atomic mass is 35.5. The van der Waals surface area contributed by atoms with Gasteiger partial charge in [0.1, 0.15) is 10.5 Å². The average molecular weight is 287 g/mol. The van der Waals surface area contributed by atoms with Crippen molar-refractivity contribution >= 4 is 34.0 Å². The van der Waals surface area contributed by atoms with E-state index in [1.54, 1.807) is 0 Å². The number of hydrogen-bond donors (Lipinski definition) is 2. The lowest BCUT2D eigenvalue weighted by Gasteiger charge is -2.13. The summed E-state index contributed by atoms with van der Waals surface area (Å²) in [6.07, 6.45) is 1.02. The number of hydrogen-bond acceptors (Lipinski definition) is 5. The van der Waals surface area contributed by atoms with Crippen molar-refractivity contribution in [1.29, 1.82) is 0 Å². The predicted molar refractivity (Wildman–Crippen MR) is 75.4 cm³/mol. The van der Waals surface area contributed by atoms with Gasteiger partial charge in [-0.15, -0.1) is 23.7 Å². The van der Waals surface area contributed by atoms with E-state index < -0.39 is 0 Å². The lowest BCUT2D eigenvalue weighted by atomic mass is 10.3. The molecule has 0 spiro atoms. The molecule has 0 saturated carbocycles. The fraction of sp³-hybridized carbons (Fsp3) is 0.455. The Hall–Kier alpha value is -0.950. The van der Waals surface area contributed by atoms with Crippen molar-refractivity contribution in [3.8, 4) is 0 Å². The molecule has 7 heteroatoms. The minimum Gasteiger partial charge on any atom is -0.326 e. The SMILES string of the molecule is Cl.NC1CCN(Cc2nc3ccsc3c(=O)[nH]2)C1. The van der Waals surface area contributed by atoms with E-state index in [-0.39, 0.29) is 24.0 Å². The molecule has 98 valence electrons. The molecule has 0 bridgehead atoms. The second kappa shape index (κ2) is 5.36. The summed E-state index contributed by atoms with van der Waals surface area (Å²) in [5, 5.41) is 1.89. The Morgan fingerprint density at radius 1 is 1.61 bits per heavy atom. The van der Waals surface area contributed by atoms with Crippen LogP contribution < -0.4 is 11.3 Å². The van der Waals surface area contributed by atoms with Gasteiger partial charge in [-0.2, -0.15) is 0 Å². The number of likely N-dealkylation sites (tertiary alicyclic amines) is 1. The molecule has 0 aromatic carbocycles. The van der Waals surface area contributed by atoms with E-state index in [1.165, 1.54) is 11.3 Å². The molecule has 1 fully saturated rings. The van der Waals surface area contributed by atoms with Crippen molar-refractivity contribution in [2.75, 3.05) is 13.1 Å². The molecule has 3 N–H and O–H groups in total. The van der Waals surface area contributed by atoms with E-state index in [4.69, 9.17) is 5.73 Å². The first-order valence-electron chi connectivity index (χ1n) is 5.67. The summed E-state index contributed by atoms with van der Waals surface area (Å²) in [5.41, 5.74) is 6.60. The Morgan fingerprint density at radius 2 is 2.44 bits per heavy atom. The second-order valence-electron chi connectivity index (χ2n) is 4.43. The summed E-state index contributed by atoms with van der Waals surface area (Å²) < 4.78 is 0.701. The molecule has 2 aromatic heterocycles. The van der Waals surface area contributed by atoms with Crippen LogP contribution in [0.1, 0.15) is 12.2 Å². The molecule has 0 amide bonds. The van der Waals surface area contributed by atoms with E-state index in [0.717, 1.165) is 30.9 Å². The third-order valence-corrected chi connectivity index (χ3v) is 3.95. The molecule has 3 rings (SSSR count). The van der Waals surface area contributed by atoms with Gasteiger partial charge in [0.25, 0.3) is 5.56 Å². The van der Waals surface area contributed by atoms with Gasteiger partial charge in [0.05, 0.1) is 12.1 Å². The molecule has 3 heterocycles. The molecule has 5 nitrogen and oxygen atoms in total. The molecule has 1 aliphatic rings. The van der Waals surface area contributed by atoms with Crippen LogP contribution in [0.2, 0.25) is 0 Å². The maximum absolute atomic E-state index is 11.8. The van der Waals surface area contributed by atoms with Gasteiger partial charge in [0.15, 0.2) is 0 Å². The van der Waals surface area contributed by atoms with Gasteiger partial charge in [-0.3, -0.25) is 9.69 Å². The smallest absolute Gasteiger partial charge is 0.268 e. The fourth-order valence-corrected chi connectivity index (χ4v) is 2.94. The van der Waals surface area contributed by atoms with Crippen molar-refractivity contribution in [2.45, 2.75) is 19.0 Å². The Bertz CT molecular complexity index is 596. The van der Waals surface area contributed by atoms with Gasteiger partial charge >= 0.3 is 0 Å². The van der Waals surface area contributed by atoms with Crippen LogP contribution in [0.3, 0.4) is 0 Å². The number of thiophene rings is 1. The first kappa shape index (κ1) is 13.5. The van der Waals surface area contributed by atoms with Crippen LogP contribution in [-0.2, 0) is 6.54 Å². The molecular weight excluding hydrogens is 272 g/mol. The summed E-state index contributed by atoms with van der Waals surface area (Å²) >= 11 is 1.43. The van der Waals surface area contributed by atoms with Crippen molar-refractivity contribution in [3.05, 3.63) is 27.6 Å². The third kappa shape index (κ3) is 2.56. The fourth-order valence-electron chi connectivity index (χ4n) is 2.21.